The van der Waals surface area contributed by atoms with Crippen LogP contribution in [0.4, 0.5) is 23.7 Å². The summed E-state index contributed by atoms with van der Waals surface area (Å²) < 4.78 is 46.3. The third-order valence-corrected chi connectivity index (χ3v) is 6.29. The van der Waals surface area contributed by atoms with Gasteiger partial charge in [0.2, 0.25) is 11.8 Å². The van der Waals surface area contributed by atoms with Crippen molar-refractivity contribution in [1.82, 2.24) is 19.4 Å². The van der Waals surface area contributed by atoms with Gasteiger partial charge in [-0.3, -0.25) is 9.36 Å². The van der Waals surface area contributed by atoms with Crippen molar-refractivity contribution in [3.05, 3.63) is 77.9 Å². The Bertz CT molecular complexity index is 1520. The molecular formula is C26H22F3N5O3. The van der Waals surface area contributed by atoms with E-state index in [2.05, 4.69) is 15.3 Å². The molecule has 0 saturated carbocycles. The summed E-state index contributed by atoms with van der Waals surface area (Å²) in [6, 6.07) is 10.6. The van der Waals surface area contributed by atoms with E-state index in [0.29, 0.717) is 35.5 Å². The highest BCUT2D eigenvalue weighted by molar-refractivity contribution is 5.98. The molecule has 190 valence electrons. The maximum Gasteiger partial charge on any atom is 0.416 e. The van der Waals surface area contributed by atoms with Crippen LogP contribution in [-0.2, 0) is 23.9 Å². The van der Waals surface area contributed by atoms with Crippen LogP contribution in [0.5, 0.6) is 11.6 Å². The number of hydrogen-bond acceptors (Lipinski definition) is 5. The van der Waals surface area contributed by atoms with Gasteiger partial charge < -0.3 is 15.0 Å². The normalized spacial score (nSPS) is 15.4. The van der Waals surface area contributed by atoms with E-state index in [4.69, 9.17) is 4.74 Å². The number of nitrogens with one attached hydrogen (secondary N) is 1. The van der Waals surface area contributed by atoms with Crippen molar-refractivity contribution in [2.24, 2.45) is 0 Å². The van der Waals surface area contributed by atoms with Gasteiger partial charge in [0.1, 0.15) is 12.1 Å². The number of nitrogens with zero attached hydrogens (tertiary/aromatic N) is 4. The van der Waals surface area contributed by atoms with Gasteiger partial charge >= 0.3 is 12.2 Å². The molecule has 2 aromatic heterocycles. The minimum Gasteiger partial charge on any atom is -0.439 e. The van der Waals surface area contributed by atoms with Gasteiger partial charge in [0, 0.05) is 35.8 Å². The van der Waals surface area contributed by atoms with Gasteiger partial charge in [-0.25, -0.2) is 14.8 Å². The van der Waals surface area contributed by atoms with Crippen LogP contribution in [0.1, 0.15) is 30.7 Å². The first-order valence-electron chi connectivity index (χ1n) is 11.5. The van der Waals surface area contributed by atoms with Crippen LogP contribution >= 0.6 is 0 Å². The minimum absolute atomic E-state index is 0.0220. The third kappa shape index (κ3) is 4.84. The van der Waals surface area contributed by atoms with Gasteiger partial charge in [0.05, 0.1) is 23.3 Å². The number of amides is 2. The molecule has 0 radical (unpaired) electrons. The second kappa shape index (κ2) is 9.23. The molecule has 2 amide bonds. The Balaban J connectivity index is 1.36. The predicted molar refractivity (Wildman–Crippen MR) is 129 cm³/mol. The predicted octanol–water partition coefficient (Wildman–Crippen LogP) is 5.62. The summed E-state index contributed by atoms with van der Waals surface area (Å²) in [7, 11) is 0. The number of anilines is 1. The summed E-state index contributed by atoms with van der Waals surface area (Å²) in [5, 5.41) is 3.19. The molecule has 0 bridgehead atoms. The van der Waals surface area contributed by atoms with Crippen molar-refractivity contribution in [2.45, 2.75) is 39.0 Å². The monoisotopic (exact) mass is 509 g/mol. The quantitative estimate of drug-likeness (QED) is 0.388. The van der Waals surface area contributed by atoms with Crippen LogP contribution < -0.4 is 10.1 Å². The molecule has 3 heterocycles. The first kappa shape index (κ1) is 24.3. The fourth-order valence-electron chi connectivity index (χ4n) is 4.43. The lowest BCUT2D eigenvalue weighted by molar-refractivity contribution is -0.137. The number of fused-ring (bicyclic) bond motifs is 2. The van der Waals surface area contributed by atoms with Crippen molar-refractivity contribution in [3.63, 3.8) is 0 Å². The number of carbonyl (C=O) groups excluding carboxylic acids is 2. The topological polar surface area (TPSA) is 89.4 Å². The number of benzene rings is 2. The lowest BCUT2D eigenvalue weighted by atomic mass is 9.99. The molecule has 1 unspecified atom stereocenters. The van der Waals surface area contributed by atoms with E-state index in [1.165, 1.54) is 36.1 Å². The number of rotatable bonds is 3. The van der Waals surface area contributed by atoms with Crippen molar-refractivity contribution in [3.8, 4) is 11.6 Å². The molecule has 37 heavy (non-hydrogen) atoms. The van der Waals surface area contributed by atoms with Crippen molar-refractivity contribution in [2.75, 3.05) is 5.32 Å². The Morgan fingerprint density at radius 2 is 1.92 bits per heavy atom. The molecule has 11 heteroatoms. The molecule has 0 fully saturated rings. The first-order chi connectivity index (χ1) is 17.6. The van der Waals surface area contributed by atoms with Crippen LogP contribution in [0.25, 0.3) is 10.9 Å². The van der Waals surface area contributed by atoms with Crippen LogP contribution in [0.2, 0.25) is 0 Å². The fraction of sp³-hybridized carbons (Fsp3) is 0.231. The van der Waals surface area contributed by atoms with E-state index >= 15 is 0 Å². The fourth-order valence-corrected chi connectivity index (χ4v) is 4.43. The highest BCUT2D eigenvalue weighted by atomic mass is 19.4. The summed E-state index contributed by atoms with van der Waals surface area (Å²) >= 11 is 0. The summed E-state index contributed by atoms with van der Waals surface area (Å²) in [6.45, 7) is 3.87. The molecular weight excluding hydrogens is 487 g/mol. The van der Waals surface area contributed by atoms with E-state index in [-0.39, 0.29) is 17.6 Å². The van der Waals surface area contributed by atoms with Gasteiger partial charge in [-0.2, -0.15) is 13.2 Å². The largest absolute Gasteiger partial charge is 0.439 e. The number of alkyl halides is 3. The molecule has 5 rings (SSSR count). The van der Waals surface area contributed by atoms with Gasteiger partial charge in [-0.15, -0.1) is 0 Å². The molecule has 0 aliphatic carbocycles. The average molecular weight is 509 g/mol. The molecule has 0 saturated heterocycles. The van der Waals surface area contributed by atoms with Gasteiger partial charge in [-0.05, 0) is 55.8 Å². The summed E-state index contributed by atoms with van der Waals surface area (Å²) in [5.74, 6) is 0.874. The summed E-state index contributed by atoms with van der Waals surface area (Å²) in [4.78, 5) is 35.0. The van der Waals surface area contributed by atoms with Gasteiger partial charge in [0.25, 0.3) is 0 Å². The second-order valence-corrected chi connectivity index (χ2v) is 8.82. The summed E-state index contributed by atoms with van der Waals surface area (Å²) in [6.07, 6.45) is -1.03. The van der Waals surface area contributed by atoms with Gasteiger partial charge in [0.15, 0.2) is 0 Å². The van der Waals surface area contributed by atoms with E-state index < -0.39 is 17.8 Å². The molecule has 1 aliphatic rings. The van der Waals surface area contributed by atoms with Gasteiger partial charge in [-0.1, -0.05) is 6.07 Å². The lowest BCUT2D eigenvalue weighted by Gasteiger charge is -2.33. The average Bonchev–Trinajstić information content (AvgIpc) is 3.27. The van der Waals surface area contributed by atoms with Crippen LogP contribution in [0.3, 0.4) is 0 Å². The van der Waals surface area contributed by atoms with E-state index in [9.17, 15) is 22.8 Å². The smallest absolute Gasteiger partial charge is 0.416 e. The van der Waals surface area contributed by atoms with Crippen molar-refractivity contribution in [1.29, 1.82) is 0 Å². The zero-order valence-electron chi connectivity index (χ0n) is 19.9. The van der Waals surface area contributed by atoms with E-state index in [1.807, 2.05) is 6.92 Å². The number of carbonyl (C=O) groups is 2. The van der Waals surface area contributed by atoms with E-state index in [1.54, 1.807) is 29.2 Å². The maximum atomic E-state index is 13.0. The second-order valence-electron chi connectivity index (χ2n) is 8.82. The number of hydrogen-bond donors (Lipinski definition) is 1. The van der Waals surface area contributed by atoms with E-state index in [0.717, 1.165) is 23.4 Å². The third-order valence-electron chi connectivity index (χ3n) is 6.29. The molecule has 2 aromatic carbocycles. The maximum absolute atomic E-state index is 13.0. The number of aromatic nitrogens is 3. The number of ether oxygens (including phenoxy) is 1. The molecule has 0 spiro atoms. The Morgan fingerprint density at radius 3 is 2.68 bits per heavy atom. The Hall–Kier alpha value is -4.41. The standard InChI is InChI=1S/C26H22F3N5O3/c1-15-10-21-22(13-34(15)16(2)35)30-14-31-24(21)37-20-6-7-23-17(11-20)8-9-33(23)25(36)32-19-5-3-4-18(12-19)26(27,28)29/h3-9,11-12,14-15H,10,13H2,1-2H3,(H,32,36). The Morgan fingerprint density at radius 1 is 1.11 bits per heavy atom. The summed E-state index contributed by atoms with van der Waals surface area (Å²) in [5.41, 5.74) is 1.31. The first-order valence-corrected chi connectivity index (χ1v) is 11.5. The zero-order chi connectivity index (χ0) is 26.3. The minimum atomic E-state index is -4.51. The van der Waals surface area contributed by atoms with Crippen LogP contribution in [0.15, 0.2) is 61.1 Å². The van der Waals surface area contributed by atoms with Crippen LogP contribution in [0, 0.1) is 0 Å². The Labute approximate surface area is 209 Å². The molecule has 8 nitrogen and oxygen atoms in total. The van der Waals surface area contributed by atoms with Crippen LogP contribution in [-0.4, -0.2) is 37.4 Å². The molecule has 1 N–H and O–H groups in total. The molecule has 1 aliphatic heterocycles. The lowest BCUT2D eigenvalue weighted by Crippen LogP contribution is -2.41. The van der Waals surface area contributed by atoms with Crippen molar-refractivity contribution >= 4 is 28.5 Å². The molecule has 1 atom stereocenters. The number of halogens is 3. The highest BCUT2D eigenvalue weighted by Gasteiger charge is 2.31. The molecule has 4 aromatic rings. The Kier molecular flexibility index (Phi) is 6.06. The zero-order valence-corrected chi connectivity index (χ0v) is 19.9. The van der Waals surface area contributed by atoms with Crippen molar-refractivity contribution < 1.29 is 27.5 Å². The SMILES string of the molecule is CC(=O)N1Cc2ncnc(Oc3ccc4c(ccn4C(=O)Nc4cccc(C(F)(F)F)c4)c3)c2CC1C. The highest BCUT2D eigenvalue weighted by Crippen LogP contribution is 2.33.